The van der Waals surface area contributed by atoms with Gasteiger partial charge in [0.15, 0.2) is 5.43 Å². The second kappa shape index (κ2) is 8.36. The van der Waals surface area contributed by atoms with Crippen molar-refractivity contribution in [1.82, 2.24) is 4.98 Å². The highest BCUT2D eigenvalue weighted by atomic mass is 16.6. The number of carbonyl (C=O) groups is 2. The lowest BCUT2D eigenvalue weighted by molar-refractivity contribution is -0.123. The van der Waals surface area contributed by atoms with Crippen molar-refractivity contribution in [1.29, 1.82) is 0 Å². The molecule has 1 amide bonds. The van der Waals surface area contributed by atoms with Crippen molar-refractivity contribution in [2.24, 2.45) is 5.41 Å². The second-order valence-corrected chi connectivity index (χ2v) is 8.68. The molecule has 2 rings (SSSR count). The van der Waals surface area contributed by atoms with Crippen LogP contribution in [-0.4, -0.2) is 22.5 Å². The Morgan fingerprint density at radius 2 is 1.59 bits per heavy atom. The number of amides is 1. The maximum absolute atomic E-state index is 12.1. The quantitative estimate of drug-likeness (QED) is 0.600. The summed E-state index contributed by atoms with van der Waals surface area (Å²) < 4.78 is 5.33. The Labute approximate surface area is 170 Å². The number of H-pyrrole nitrogens is 1. The van der Waals surface area contributed by atoms with Crippen LogP contribution in [0.4, 0.5) is 5.82 Å². The number of pyridine rings is 1. The molecule has 2 aromatic rings. The maximum Gasteiger partial charge on any atom is 0.338 e. The number of rotatable bonds is 2. The Hall–Kier alpha value is -3.33. The van der Waals surface area contributed by atoms with Crippen molar-refractivity contribution in [2.45, 2.75) is 47.1 Å². The number of hydrogen-bond donors (Lipinski definition) is 2. The lowest BCUT2D eigenvalue weighted by atomic mass is 9.96. The molecule has 2 N–H and O–H groups in total. The predicted octanol–water partition coefficient (Wildman–Crippen LogP) is 3.71. The van der Waals surface area contributed by atoms with Crippen molar-refractivity contribution in [3.05, 3.63) is 63.4 Å². The average Bonchev–Trinajstić information content (AvgIpc) is 2.57. The van der Waals surface area contributed by atoms with Gasteiger partial charge in [-0.2, -0.15) is 0 Å². The van der Waals surface area contributed by atoms with Crippen LogP contribution in [0.25, 0.3) is 0 Å². The first kappa shape index (κ1) is 22.0. The highest BCUT2D eigenvalue weighted by molar-refractivity contribution is 5.93. The Morgan fingerprint density at radius 3 is 2.14 bits per heavy atom. The fraction of sp³-hybridized carbons (Fsp3) is 0.348. The second-order valence-electron chi connectivity index (χ2n) is 8.68. The number of esters is 1. The first-order valence-electron chi connectivity index (χ1n) is 9.25. The third kappa shape index (κ3) is 6.96. The zero-order valence-electron chi connectivity index (χ0n) is 17.6. The number of nitrogens with one attached hydrogen (secondary N) is 2. The monoisotopic (exact) mass is 394 g/mol. The molecular weight excluding hydrogens is 368 g/mol. The van der Waals surface area contributed by atoms with Gasteiger partial charge in [0.05, 0.1) is 11.3 Å². The molecule has 0 unspecified atom stereocenters. The van der Waals surface area contributed by atoms with Gasteiger partial charge in [-0.3, -0.25) is 9.59 Å². The largest absolute Gasteiger partial charge is 0.456 e. The predicted molar refractivity (Wildman–Crippen MR) is 113 cm³/mol. The van der Waals surface area contributed by atoms with E-state index in [0.717, 1.165) is 0 Å². The summed E-state index contributed by atoms with van der Waals surface area (Å²) in [5.41, 5.74) is 0.0621. The van der Waals surface area contributed by atoms with Crippen LogP contribution in [0, 0.1) is 17.3 Å². The molecule has 29 heavy (non-hydrogen) atoms. The van der Waals surface area contributed by atoms with Gasteiger partial charge in [-0.15, -0.1) is 0 Å². The standard InChI is InChI=1S/C23H26N2O4/c1-22(2,3)21(28)25-19-14-18(26)13-17(24-19)12-9-15-7-10-16(11-8-15)20(27)29-23(4,5)6/h7-8,10-11,13-14H,1-6H3,(H2,24,25,26,28). The van der Waals surface area contributed by atoms with Gasteiger partial charge in [0.1, 0.15) is 11.4 Å². The molecule has 0 saturated carbocycles. The van der Waals surface area contributed by atoms with E-state index in [-0.39, 0.29) is 11.3 Å². The van der Waals surface area contributed by atoms with Crippen LogP contribution < -0.4 is 10.7 Å². The maximum atomic E-state index is 12.1. The zero-order valence-corrected chi connectivity index (χ0v) is 17.6. The molecule has 0 spiro atoms. The van der Waals surface area contributed by atoms with Gasteiger partial charge in [0, 0.05) is 23.1 Å². The normalized spacial score (nSPS) is 11.2. The molecule has 1 heterocycles. The van der Waals surface area contributed by atoms with Crippen LogP contribution in [0.3, 0.4) is 0 Å². The van der Waals surface area contributed by atoms with Crippen LogP contribution in [0.1, 0.15) is 63.2 Å². The molecule has 6 nitrogen and oxygen atoms in total. The van der Waals surface area contributed by atoms with Crippen molar-refractivity contribution in [3.8, 4) is 11.8 Å². The average molecular weight is 394 g/mol. The first-order valence-corrected chi connectivity index (χ1v) is 9.25. The SMILES string of the molecule is CC(C)(C)OC(=O)c1ccc(C#Cc2cc(=O)cc(NC(=O)C(C)(C)C)[nH]2)cc1. The van der Waals surface area contributed by atoms with E-state index in [0.29, 0.717) is 22.6 Å². The number of hydrogen-bond acceptors (Lipinski definition) is 4. The van der Waals surface area contributed by atoms with E-state index in [1.54, 1.807) is 45.0 Å². The Kier molecular flexibility index (Phi) is 6.33. The van der Waals surface area contributed by atoms with E-state index in [9.17, 15) is 14.4 Å². The van der Waals surface area contributed by atoms with Crippen LogP contribution >= 0.6 is 0 Å². The summed E-state index contributed by atoms with van der Waals surface area (Å²) in [6.45, 7) is 10.8. The van der Waals surface area contributed by atoms with E-state index >= 15 is 0 Å². The fourth-order valence-electron chi connectivity index (χ4n) is 2.15. The third-order valence-electron chi connectivity index (χ3n) is 3.63. The van der Waals surface area contributed by atoms with Crippen molar-refractivity contribution in [2.75, 3.05) is 5.32 Å². The lowest BCUT2D eigenvalue weighted by Crippen LogP contribution is -2.28. The zero-order chi connectivity index (χ0) is 21.8. The van der Waals surface area contributed by atoms with Crippen LogP contribution in [0.15, 0.2) is 41.2 Å². The van der Waals surface area contributed by atoms with Gasteiger partial charge >= 0.3 is 5.97 Å². The topological polar surface area (TPSA) is 88.3 Å². The number of ether oxygens (including phenoxy) is 1. The van der Waals surface area contributed by atoms with Crippen molar-refractivity contribution in [3.63, 3.8) is 0 Å². The summed E-state index contributed by atoms with van der Waals surface area (Å²) >= 11 is 0. The minimum absolute atomic E-state index is 0.212. The summed E-state index contributed by atoms with van der Waals surface area (Å²) in [4.78, 5) is 39.0. The molecule has 0 aliphatic carbocycles. The van der Waals surface area contributed by atoms with Gasteiger partial charge in [-0.25, -0.2) is 4.79 Å². The summed E-state index contributed by atoms with van der Waals surface area (Å²) in [5.74, 6) is 5.48. The third-order valence-corrected chi connectivity index (χ3v) is 3.63. The number of anilines is 1. The minimum Gasteiger partial charge on any atom is -0.456 e. The summed E-state index contributed by atoms with van der Waals surface area (Å²) in [6, 6.07) is 9.35. The van der Waals surface area contributed by atoms with Gasteiger partial charge in [-0.1, -0.05) is 26.7 Å². The van der Waals surface area contributed by atoms with E-state index in [1.807, 2.05) is 20.8 Å². The molecule has 0 aliphatic rings. The summed E-state index contributed by atoms with van der Waals surface area (Å²) in [7, 11) is 0. The minimum atomic E-state index is -0.589. The highest BCUT2D eigenvalue weighted by Gasteiger charge is 2.21. The Bertz CT molecular complexity index is 1020. The number of aromatic amines is 1. The summed E-state index contributed by atoms with van der Waals surface area (Å²) in [6.07, 6.45) is 0. The van der Waals surface area contributed by atoms with Crippen molar-refractivity contribution < 1.29 is 14.3 Å². The van der Waals surface area contributed by atoms with Crippen LogP contribution in [-0.2, 0) is 9.53 Å². The molecule has 0 radical (unpaired) electrons. The number of benzene rings is 1. The Balaban J connectivity index is 2.18. The first-order chi connectivity index (χ1) is 13.3. The number of carbonyl (C=O) groups excluding carboxylic acids is 2. The number of aromatic nitrogens is 1. The lowest BCUT2D eigenvalue weighted by Gasteiger charge is -2.19. The Morgan fingerprint density at radius 1 is 0.966 bits per heavy atom. The highest BCUT2D eigenvalue weighted by Crippen LogP contribution is 2.16. The van der Waals surface area contributed by atoms with Crippen molar-refractivity contribution >= 4 is 17.7 Å². The summed E-state index contributed by atoms with van der Waals surface area (Å²) in [5, 5.41) is 2.69. The molecule has 0 bridgehead atoms. The van der Waals surface area contributed by atoms with Crippen LogP contribution in [0.2, 0.25) is 0 Å². The molecule has 0 saturated heterocycles. The van der Waals surface area contributed by atoms with E-state index < -0.39 is 17.0 Å². The molecule has 1 aromatic carbocycles. The fourth-order valence-corrected chi connectivity index (χ4v) is 2.15. The molecule has 1 aromatic heterocycles. The van der Waals surface area contributed by atoms with Gasteiger partial charge < -0.3 is 15.0 Å². The molecule has 0 fully saturated rings. The molecule has 0 atom stereocenters. The molecule has 0 aliphatic heterocycles. The van der Waals surface area contributed by atoms with E-state index in [2.05, 4.69) is 22.1 Å². The van der Waals surface area contributed by atoms with Gasteiger partial charge in [0.2, 0.25) is 5.91 Å². The smallest absolute Gasteiger partial charge is 0.338 e. The molecule has 6 heteroatoms. The van der Waals surface area contributed by atoms with E-state index in [1.165, 1.54) is 12.1 Å². The molecule has 152 valence electrons. The van der Waals surface area contributed by atoms with Gasteiger partial charge in [-0.05, 0) is 51.0 Å². The van der Waals surface area contributed by atoms with Gasteiger partial charge in [0.25, 0.3) is 0 Å². The molecular formula is C23H26N2O4. The van der Waals surface area contributed by atoms with Crippen LogP contribution in [0.5, 0.6) is 0 Å². The van der Waals surface area contributed by atoms with E-state index in [4.69, 9.17) is 4.74 Å².